The van der Waals surface area contributed by atoms with Gasteiger partial charge < -0.3 is 14.5 Å². The number of nitrogens with zero attached hydrogens (tertiary/aromatic N) is 3. The number of esters is 1. The van der Waals surface area contributed by atoms with Crippen LogP contribution in [-0.2, 0) is 10.3 Å². The number of carbonyl (C=O) groups is 1. The van der Waals surface area contributed by atoms with Gasteiger partial charge in [-0.05, 0) is 69.2 Å². The van der Waals surface area contributed by atoms with Gasteiger partial charge in [0.2, 0.25) is 0 Å². The molecule has 3 aromatic rings. The molecule has 0 aliphatic carbocycles. The molecule has 32 heavy (non-hydrogen) atoms. The summed E-state index contributed by atoms with van der Waals surface area (Å²) in [7, 11) is 4.05. The fourth-order valence-corrected chi connectivity index (χ4v) is 4.79. The average Bonchev–Trinajstić information content (AvgIpc) is 3.08. The number of hydrogen-bond acceptors (Lipinski definition) is 5. The SMILES string of the molecule is CCN(CC)c1ccc(C2(c3ccc(N(C)C)cc3C)OC(=O)c3ncccc32)c(C)c1. The Morgan fingerprint density at radius 3 is 2.03 bits per heavy atom. The van der Waals surface area contributed by atoms with Crippen LogP contribution in [-0.4, -0.2) is 38.1 Å². The van der Waals surface area contributed by atoms with E-state index in [2.05, 4.69) is 78.9 Å². The van der Waals surface area contributed by atoms with Crippen LogP contribution < -0.4 is 9.80 Å². The largest absolute Gasteiger partial charge is 0.439 e. The highest BCUT2D eigenvalue weighted by molar-refractivity contribution is 5.94. The summed E-state index contributed by atoms with van der Waals surface area (Å²) < 4.78 is 6.28. The molecule has 1 atom stereocenters. The van der Waals surface area contributed by atoms with Crippen molar-refractivity contribution in [2.24, 2.45) is 0 Å². The summed E-state index contributed by atoms with van der Waals surface area (Å²) in [5, 5.41) is 0. The van der Waals surface area contributed by atoms with Crippen LogP contribution in [0, 0.1) is 13.8 Å². The highest BCUT2D eigenvalue weighted by atomic mass is 16.6. The molecular weight excluding hydrogens is 398 g/mol. The van der Waals surface area contributed by atoms with Crippen molar-refractivity contribution in [1.82, 2.24) is 4.98 Å². The quantitative estimate of drug-likeness (QED) is 0.512. The Hall–Kier alpha value is -3.34. The number of fused-ring (bicyclic) bond motifs is 1. The van der Waals surface area contributed by atoms with Gasteiger partial charge >= 0.3 is 5.97 Å². The zero-order valence-corrected chi connectivity index (χ0v) is 19.8. The molecule has 2 heterocycles. The van der Waals surface area contributed by atoms with Gasteiger partial charge in [-0.25, -0.2) is 9.78 Å². The van der Waals surface area contributed by atoms with Gasteiger partial charge in [0.25, 0.3) is 0 Å². The van der Waals surface area contributed by atoms with Gasteiger partial charge in [0, 0.05) is 61.4 Å². The molecule has 1 aliphatic rings. The van der Waals surface area contributed by atoms with Crippen LogP contribution in [0.15, 0.2) is 54.7 Å². The lowest BCUT2D eigenvalue weighted by molar-refractivity contribution is 0.0245. The molecule has 5 heteroatoms. The van der Waals surface area contributed by atoms with Crippen molar-refractivity contribution >= 4 is 17.3 Å². The molecule has 0 bridgehead atoms. The Morgan fingerprint density at radius 2 is 1.47 bits per heavy atom. The third-order valence-corrected chi connectivity index (χ3v) is 6.45. The van der Waals surface area contributed by atoms with E-state index in [0.717, 1.165) is 46.6 Å². The summed E-state index contributed by atoms with van der Waals surface area (Å²) in [6.45, 7) is 10.4. The average molecular weight is 430 g/mol. The number of cyclic esters (lactones) is 1. The normalized spacial score (nSPS) is 17.1. The van der Waals surface area contributed by atoms with Crippen LogP contribution in [0.5, 0.6) is 0 Å². The number of carbonyl (C=O) groups excluding carboxylic acids is 1. The van der Waals surface area contributed by atoms with Gasteiger partial charge in [0.1, 0.15) is 0 Å². The van der Waals surface area contributed by atoms with Crippen LogP contribution in [0.3, 0.4) is 0 Å². The van der Waals surface area contributed by atoms with Crippen molar-refractivity contribution in [1.29, 1.82) is 0 Å². The van der Waals surface area contributed by atoms with Crippen LogP contribution in [0.4, 0.5) is 11.4 Å². The second-order valence-electron chi connectivity index (χ2n) is 8.54. The third kappa shape index (κ3) is 3.32. The molecule has 0 saturated heterocycles. The first-order chi connectivity index (χ1) is 15.3. The zero-order valence-electron chi connectivity index (χ0n) is 19.8. The van der Waals surface area contributed by atoms with Gasteiger partial charge in [-0.2, -0.15) is 0 Å². The highest BCUT2D eigenvalue weighted by Gasteiger charge is 2.50. The summed E-state index contributed by atoms with van der Waals surface area (Å²) in [5.41, 5.74) is 6.49. The van der Waals surface area contributed by atoms with E-state index < -0.39 is 5.60 Å². The smallest absolute Gasteiger partial charge is 0.358 e. The van der Waals surface area contributed by atoms with Crippen molar-refractivity contribution in [2.75, 3.05) is 37.0 Å². The molecule has 1 aliphatic heterocycles. The molecule has 166 valence electrons. The Labute approximate surface area is 190 Å². The summed E-state index contributed by atoms with van der Waals surface area (Å²) in [6.07, 6.45) is 1.65. The molecule has 0 N–H and O–H groups in total. The van der Waals surface area contributed by atoms with Crippen molar-refractivity contribution in [2.45, 2.75) is 33.3 Å². The fraction of sp³-hybridized carbons (Fsp3) is 0.333. The topological polar surface area (TPSA) is 45.7 Å². The van der Waals surface area contributed by atoms with Crippen LogP contribution in [0.25, 0.3) is 0 Å². The maximum Gasteiger partial charge on any atom is 0.358 e. The van der Waals surface area contributed by atoms with Gasteiger partial charge in [0.15, 0.2) is 11.3 Å². The lowest BCUT2D eigenvalue weighted by atomic mass is 9.77. The first-order valence-electron chi connectivity index (χ1n) is 11.2. The van der Waals surface area contributed by atoms with E-state index in [9.17, 15) is 4.79 Å². The summed E-state index contributed by atoms with van der Waals surface area (Å²) in [6, 6.07) is 16.6. The Balaban J connectivity index is 1.99. The van der Waals surface area contributed by atoms with Gasteiger partial charge in [-0.15, -0.1) is 0 Å². The third-order valence-electron chi connectivity index (χ3n) is 6.45. The number of aryl methyl sites for hydroxylation is 2. The van der Waals surface area contributed by atoms with Crippen molar-refractivity contribution < 1.29 is 9.53 Å². The van der Waals surface area contributed by atoms with Crippen LogP contribution in [0.1, 0.15) is 52.2 Å². The Morgan fingerprint density at radius 1 is 0.875 bits per heavy atom. The van der Waals surface area contributed by atoms with Crippen LogP contribution in [0.2, 0.25) is 0 Å². The lowest BCUT2D eigenvalue weighted by Gasteiger charge is -2.34. The van der Waals surface area contributed by atoms with Crippen molar-refractivity contribution in [3.05, 3.63) is 88.2 Å². The van der Waals surface area contributed by atoms with E-state index in [4.69, 9.17) is 4.74 Å². The number of benzene rings is 2. The number of rotatable bonds is 6. The van der Waals surface area contributed by atoms with Gasteiger partial charge in [-0.3, -0.25) is 0 Å². The number of ether oxygens (including phenoxy) is 1. The number of aromatic nitrogens is 1. The minimum Gasteiger partial charge on any atom is -0.439 e. The number of hydrogen-bond donors (Lipinski definition) is 0. The fourth-order valence-electron chi connectivity index (χ4n) is 4.79. The molecule has 1 aromatic heterocycles. The summed E-state index contributed by atoms with van der Waals surface area (Å²) >= 11 is 0. The molecule has 1 unspecified atom stereocenters. The Bertz CT molecular complexity index is 1170. The van der Waals surface area contributed by atoms with Gasteiger partial charge in [-0.1, -0.05) is 18.2 Å². The van der Waals surface area contributed by atoms with E-state index >= 15 is 0 Å². The number of anilines is 2. The molecule has 0 saturated carbocycles. The molecule has 0 radical (unpaired) electrons. The molecule has 4 rings (SSSR count). The van der Waals surface area contributed by atoms with E-state index in [1.54, 1.807) is 6.20 Å². The maximum atomic E-state index is 13.0. The molecule has 2 aromatic carbocycles. The van der Waals surface area contributed by atoms with E-state index in [0.29, 0.717) is 5.69 Å². The summed E-state index contributed by atoms with van der Waals surface area (Å²) in [4.78, 5) is 21.8. The predicted octanol–water partition coefficient (Wildman–Crippen LogP) is 5.07. The minimum absolute atomic E-state index is 0.385. The van der Waals surface area contributed by atoms with E-state index in [1.807, 2.05) is 26.2 Å². The first-order valence-corrected chi connectivity index (χ1v) is 11.2. The Kier molecular flexibility index (Phi) is 5.68. The molecule has 5 nitrogen and oxygen atoms in total. The zero-order chi connectivity index (χ0) is 23.0. The second-order valence-corrected chi connectivity index (χ2v) is 8.54. The predicted molar refractivity (Wildman–Crippen MR) is 130 cm³/mol. The lowest BCUT2D eigenvalue weighted by Crippen LogP contribution is -2.32. The summed E-state index contributed by atoms with van der Waals surface area (Å²) in [5.74, 6) is -0.385. The van der Waals surface area contributed by atoms with E-state index in [-0.39, 0.29) is 5.97 Å². The molecule has 0 fully saturated rings. The van der Waals surface area contributed by atoms with Crippen LogP contribution >= 0.6 is 0 Å². The monoisotopic (exact) mass is 429 g/mol. The second kappa shape index (κ2) is 8.30. The van der Waals surface area contributed by atoms with Crippen molar-refractivity contribution in [3.8, 4) is 0 Å². The molecule has 0 amide bonds. The van der Waals surface area contributed by atoms with Crippen molar-refractivity contribution in [3.63, 3.8) is 0 Å². The molecule has 0 spiro atoms. The standard InChI is InChI=1S/C27H31N3O2/c1-7-30(8-2)21-12-14-23(19(4)17-21)27(22-13-11-20(29(5)6)16-18(22)3)24-10-9-15-28-25(24)26(31)32-27/h9-17H,7-8H2,1-6H3. The minimum atomic E-state index is -1.03. The number of pyridine rings is 1. The molecular formula is C27H31N3O2. The van der Waals surface area contributed by atoms with Gasteiger partial charge in [0.05, 0.1) is 0 Å². The van der Waals surface area contributed by atoms with E-state index in [1.165, 1.54) is 5.69 Å². The highest BCUT2D eigenvalue weighted by Crippen LogP contribution is 2.49. The maximum absolute atomic E-state index is 13.0. The first kappa shape index (κ1) is 21.9.